The first-order valence-electron chi connectivity index (χ1n) is 6.77. The molecule has 0 amide bonds. The molecule has 0 aromatic carbocycles. The van der Waals surface area contributed by atoms with Gasteiger partial charge in [0.15, 0.2) is 11.6 Å². The summed E-state index contributed by atoms with van der Waals surface area (Å²) in [4.78, 5) is 6.97. The predicted octanol–water partition coefficient (Wildman–Crippen LogP) is 3.62. The van der Waals surface area contributed by atoms with Gasteiger partial charge in [0.05, 0.1) is 6.61 Å². The zero-order valence-corrected chi connectivity index (χ0v) is 12.5. The van der Waals surface area contributed by atoms with E-state index in [1.165, 1.54) is 25.7 Å². The van der Waals surface area contributed by atoms with Gasteiger partial charge in [-0.15, -0.1) is 0 Å². The lowest BCUT2D eigenvalue weighted by molar-refractivity contribution is 0.335. The highest BCUT2D eigenvalue weighted by atomic mass is 79.9. The van der Waals surface area contributed by atoms with Crippen molar-refractivity contribution < 1.29 is 4.74 Å². The first kappa shape index (κ1) is 13.7. The zero-order valence-electron chi connectivity index (χ0n) is 10.9. The Hall–Kier alpha value is -0.770. The minimum absolute atomic E-state index is 0.590. The molecular formula is C14H21BrN2O. The fraction of sp³-hybridized carbons (Fsp3) is 0.643. The first-order valence-corrected chi connectivity index (χ1v) is 7.89. The molecule has 1 aliphatic heterocycles. The third kappa shape index (κ3) is 3.16. The van der Waals surface area contributed by atoms with Crippen LogP contribution in [0.4, 0.5) is 5.82 Å². The number of anilines is 1. The van der Waals surface area contributed by atoms with E-state index < -0.39 is 0 Å². The Balaban J connectivity index is 2.21. The molecule has 0 radical (unpaired) electrons. The van der Waals surface area contributed by atoms with Crippen molar-refractivity contribution >= 4 is 21.7 Å². The quantitative estimate of drug-likeness (QED) is 0.776. The molecule has 0 bridgehead atoms. The highest BCUT2D eigenvalue weighted by molar-refractivity contribution is 9.09. The van der Waals surface area contributed by atoms with E-state index >= 15 is 0 Å². The molecule has 1 saturated heterocycles. The van der Waals surface area contributed by atoms with Gasteiger partial charge in [0.25, 0.3) is 0 Å². The predicted molar refractivity (Wildman–Crippen MR) is 78.8 cm³/mol. The van der Waals surface area contributed by atoms with Crippen LogP contribution in [0.1, 0.15) is 32.6 Å². The number of hydrogen-bond acceptors (Lipinski definition) is 3. The average molecular weight is 313 g/mol. The Bertz CT molecular complexity index is 371. The van der Waals surface area contributed by atoms with Crippen LogP contribution in [-0.2, 0) is 0 Å². The van der Waals surface area contributed by atoms with Crippen molar-refractivity contribution in [3.63, 3.8) is 0 Å². The summed E-state index contributed by atoms with van der Waals surface area (Å²) in [5.41, 5.74) is 0. The smallest absolute Gasteiger partial charge is 0.171 e. The van der Waals surface area contributed by atoms with E-state index in [9.17, 15) is 0 Å². The number of ether oxygens (including phenoxy) is 1. The maximum Gasteiger partial charge on any atom is 0.171 e. The lowest BCUT2D eigenvalue weighted by Gasteiger charge is -2.37. The number of hydrogen-bond donors (Lipinski definition) is 0. The van der Waals surface area contributed by atoms with Crippen molar-refractivity contribution in [1.29, 1.82) is 0 Å². The number of aromatic nitrogens is 1. The molecule has 100 valence electrons. The van der Waals surface area contributed by atoms with Crippen molar-refractivity contribution in [3.8, 4) is 5.75 Å². The summed E-state index contributed by atoms with van der Waals surface area (Å²) in [5, 5.41) is 1.05. The summed E-state index contributed by atoms with van der Waals surface area (Å²) in [5.74, 6) is 1.94. The fourth-order valence-corrected chi connectivity index (χ4v) is 3.10. The molecule has 2 heterocycles. The van der Waals surface area contributed by atoms with E-state index in [1.807, 2.05) is 25.3 Å². The van der Waals surface area contributed by atoms with Gasteiger partial charge in [-0.3, -0.25) is 0 Å². The summed E-state index contributed by atoms with van der Waals surface area (Å²) in [7, 11) is 0. The Labute approximate surface area is 118 Å². The minimum Gasteiger partial charge on any atom is -0.490 e. The molecule has 0 N–H and O–H groups in total. The monoisotopic (exact) mass is 312 g/mol. The zero-order chi connectivity index (χ0) is 12.8. The Morgan fingerprint density at radius 3 is 3.17 bits per heavy atom. The summed E-state index contributed by atoms with van der Waals surface area (Å²) < 4.78 is 5.70. The Morgan fingerprint density at radius 1 is 1.50 bits per heavy atom. The molecule has 1 fully saturated rings. The number of rotatable bonds is 5. The van der Waals surface area contributed by atoms with Gasteiger partial charge in [0, 0.05) is 24.1 Å². The second kappa shape index (κ2) is 6.98. The topological polar surface area (TPSA) is 25.4 Å². The molecule has 1 atom stereocenters. The van der Waals surface area contributed by atoms with Crippen LogP contribution in [0.25, 0.3) is 0 Å². The number of alkyl halides is 1. The van der Waals surface area contributed by atoms with Gasteiger partial charge in [0.1, 0.15) is 0 Å². The van der Waals surface area contributed by atoms with E-state index in [4.69, 9.17) is 4.74 Å². The molecule has 3 nitrogen and oxygen atoms in total. The maximum absolute atomic E-state index is 5.70. The number of pyridine rings is 1. The summed E-state index contributed by atoms with van der Waals surface area (Å²) >= 11 is 3.56. The van der Waals surface area contributed by atoms with Crippen LogP contribution < -0.4 is 9.64 Å². The molecule has 2 rings (SSSR count). The fourth-order valence-electron chi connectivity index (χ4n) is 2.57. The summed E-state index contributed by atoms with van der Waals surface area (Å²) in [6.45, 7) is 3.80. The van der Waals surface area contributed by atoms with Gasteiger partial charge in [0.2, 0.25) is 0 Å². The number of halogens is 1. The van der Waals surface area contributed by atoms with Gasteiger partial charge < -0.3 is 9.64 Å². The molecule has 1 unspecified atom stereocenters. The SMILES string of the molecule is CCOc1cccnc1N1CCCCC1CCBr. The van der Waals surface area contributed by atoms with Crippen LogP contribution >= 0.6 is 15.9 Å². The largest absolute Gasteiger partial charge is 0.490 e. The van der Waals surface area contributed by atoms with Gasteiger partial charge in [-0.1, -0.05) is 15.9 Å². The van der Waals surface area contributed by atoms with Crippen LogP contribution in [0, 0.1) is 0 Å². The van der Waals surface area contributed by atoms with Crippen molar-refractivity contribution in [2.45, 2.75) is 38.6 Å². The van der Waals surface area contributed by atoms with Crippen molar-refractivity contribution in [2.75, 3.05) is 23.4 Å². The van der Waals surface area contributed by atoms with Gasteiger partial charge in [-0.25, -0.2) is 4.98 Å². The maximum atomic E-state index is 5.70. The molecule has 0 saturated carbocycles. The van der Waals surface area contributed by atoms with Crippen molar-refractivity contribution in [2.24, 2.45) is 0 Å². The van der Waals surface area contributed by atoms with Crippen molar-refractivity contribution in [3.05, 3.63) is 18.3 Å². The molecule has 0 aliphatic carbocycles. The van der Waals surface area contributed by atoms with Crippen LogP contribution in [0.15, 0.2) is 18.3 Å². The molecule has 18 heavy (non-hydrogen) atoms. The first-order chi connectivity index (χ1) is 8.86. The van der Waals surface area contributed by atoms with E-state index in [0.717, 1.165) is 23.4 Å². The molecule has 1 aliphatic rings. The van der Waals surface area contributed by atoms with Gasteiger partial charge >= 0.3 is 0 Å². The highest BCUT2D eigenvalue weighted by Crippen LogP contribution is 2.32. The third-order valence-electron chi connectivity index (χ3n) is 3.39. The van der Waals surface area contributed by atoms with Gasteiger partial charge in [-0.2, -0.15) is 0 Å². The Morgan fingerprint density at radius 2 is 2.39 bits per heavy atom. The number of piperidine rings is 1. The lowest BCUT2D eigenvalue weighted by atomic mass is 10.00. The standard InChI is InChI=1S/C14H21BrN2O/c1-2-18-13-7-5-10-16-14(13)17-11-4-3-6-12(17)8-9-15/h5,7,10,12H,2-4,6,8-9,11H2,1H3. The van der Waals surface area contributed by atoms with Crippen molar-refractivity contribution in [1.82, 2.24) is 4.98 Å². The molecular weight excluding hydrogens is 292 g/mol. The Kier molecular flexibility index (Phi) is 5.29. The highest BCUT2D eigenvalue weighted by Gasteiger charge is 2.25. The van der Waals surface area contributed by atoms with Crippen LogP contribution in [0.5, 0.6) is 5.75 Å². The second-order valence-corrected chi connectivity index (χ2v) is 5.37. The molecule has 0 spiro atoms. The average Bonchev–Trinajstić information content (AvgIpc) is 2.41. The van der Waals surface area contributed by atoms with E-state index in [2.05, 4.69) is 25.8 Å². The van der Waals surface area contributed by atoms with Crippen LogP contribution in [0.3, 0.4) is 0 Å². The minimum atomic E-state index is 0.590. The number of nitrogens with zero attached hydrogens (tertiary/aromatic N) is 2. The normalized spacial score (nSPS) is 19.9. The van der Waals surface area contributed by atoms with E-state index in [1.54, 1.807) is 0 Å². The second-order valence-electron chi connectivity index (χ2n) is 4.58. The van der Waals surface area contributed by atoms with Crippen LogP contribution in [-0.4, -0.2) is 29.5 Å². The lowest BCUT2D eigenvalue weighted by Crippen LogP contribution is -2.40. The molecule has 1 aromatic rings. The molecule has 1 aromatic heterocycles. The third-order valence-corrected chi connectivity index (χ3v) is 3.85. The summed E-state index contributed by atoms with van der Waals surface area (Å²) in [6, 6.07) is 4.55. The van der Waals surface area contributed by atoms with Crippen LogP contribution in [0.2, 0.25) is 0 Å². The van der Waals surface area contributed by atoms with Gasteiger partial charge in [-0.05, 0) is 44.7 Å². The molecule has 4 heteroatoms. The van der Waals surface area contributed by atoms with E-state index in [0.29, 0.717) is 12.6 Å². The summed E-state index contributed by atoms with van der Waals surface area (Å²) in [6.07, 6.45) is 6.86. The van der Waals surface area contributed by atoms with E-state index in [-0.39, 0.29) is 0 Å².